The van der Waals surface area contributed by atoms with Gasteiger partial charge in [0.1, 0.15) is 5.03 Å². The molecular weight excluding hydrogens is 290 g/mol. The third-order valence-corrected chi connectivity index (χ3v) is 3.55. The van der Waals surface area contributed by atoms with Crippen LogP contribution >= 0.6 is 11.8 Å². The highest BCUT2D eigenvalue weighted by atomic mass is 32.2. The van der Waals surface area contributed by atoms with Gasteiger partial charge in [-0.15, -0.1) is 0 Å². The third-order valence-electron chi connectivity index (χ3n) is 2.60. The van der Waals surface area contributed by atoms with E-state index in [1.165, 1.54) is 11.8 Å². The number of nitrogen functional groups attached to an aromatic ring is 1. The van der Waals surface area contributed by atoms with Crippen LogP contribution in [0.15, 0.2) is 34.7 Å². The van der Waals surface area contributed by atoms with Crippen molar-refractivity contribution in [3.8, 4) is 5.95 Å². The van der Waals surface area contributed by atoms with Gasteiger partial charge in [-0.05, 0) is 30.8 Å². The summed E-state index contributed by atoms with van der Waals surface area (Å²) in [7, 11) is 1.87. The van der Waals surface area contributed by atoms with E-state index in [1.54, 1.807) is 27.8 Å². The molecule has 3 rings (SSSR count). The van der Waals surface area contributed by atoms with E-state index in [9.17, 15) is 0 Å². The minimum atomic E-state index is 0.275. The number of anilines is 1. The van der Waals surface area contributed by atoms with Gasteiger partial charge in [0, 0.05) is 19.4 Å². The van der Waals surface area contributed by atoms with Crippen LogP contribution < -0.4 is 11.3 Å². The standard InChI is InChI=1S/C11H13N9S/c1-7-6-8(19(2)18-7)21-11-15-9(17-12)14-10(16-11)20-5-3-4-13-20/h3-6H,12H2,1-2H3,(H,14,15,16,17). The first kappa shape index (κ1) is 13.5. The van der Waals surface area contributed by atoms with Crippen molar-refractivity contribution < 1.29 is 0 Å². The van der Waals surface area contributed by atoms with Crippen LogP contribution in [0.3, 0.4) is 0 Å². The highest BCUT2D eigenvalue weighted by molar-refractivity contribution is 7.99. The van der Waals surface area contributed by atoms with Crippen molar-refractivity contribution in [2.24, 2.45) is 12.9 Å². The summed E-state index contributed by atoms with van der Waals surface area (Å²) in [4.78, 5) is 12.8. The van der Waals surface area contributed by atoms with Crippen molar-refractivity contribution in [3.05, 3.63) is 30.2 Å². The van der Waals surface area contributed by atoms with E-state index in [-0.39, 0.29) is 5.95 Å². The minimum absolute atomic E-state index is 0.275. The molecule has 0 bridgehead atoms. The summed E-state index contributed by atoms with van der Waals surface area (Å²) < 4.78 is 3.31. The Bertz CT molecular complexity index is 749. The summed E-state index contributed by atoms with van der Waals surface area (Å²) in [6.45, 7) is 1.93. The number of nitrogens with two attached hydrogens (primary N) is 1. The number of aromatic nitrogens is 7. The number of rotatable bonds is 4. The van der Waals surface area contributed by atoms with E-state index in [2.05, 4.69) is 30.6 Å². The highest BCUT2D eigenvalue weighted by Gasteiger charge is 2.11. The highest BCUT2D eigenvalue weighted by Crippen LogP contribution is 2.25. The molecule has 9 nitrogen and oxygen atoms in total. The Morgan fingerprint density at radius 3 is 2.76 bits per heavy atom. The molecule has 0 atom stereocenters. The fraction of sp³-hybridized carbons (Fsp3) is 0.182. The van der Waals surface area contributed by atoms with E-state index in [0.717, 1.165) is 10.7 Å². The van der Waals surface area contributed by atoms with Crippen LogP contribution in [0.5, 0.6) is 0 Å². The van der Waals surface area contributed by atoms with Gasteiger partial charge in [-0.2, -0.15) is 25.1 Å². The SMILES string of the molecule is Cc1cc(Sc2nc(NN)nc(-n3cccn3)n2)n(C)n1. The summed E-state index contributed by atoms with van der Waals surface area (Å²) in [5, 5.41) is 9.82. The molecule has 0 amide bonds. The van der Waals surface area contributed by atoms with Crippen molar-refractivity contribution in [3.63, 3.8) is 0 Å². The van der Waals surface area contributed by atoms with Gasteiger partial charge in [-0.3, -0.25) is 10.1 Å². The largest absolute Gasteiger partial charge is 0.292 e. The predicted octanol–water partition coefficient (Wildman–Crippen LogP) is 0.536. The molecule has 3 aromatic heterocycles. The van der Waals surface area contributed by atoms with Crippen molar-refractivity contribution in [2.75, 3.05) is 5.43 Å². The van der Waals surface area contributed by atoms with Crippen LogP contribution in [-0.2, 0) is 7.05 Å². The second-order valence-electron chi connectivity index (χ2n) is 4.19. The lowest BCUT2D eigenvalue weighted by Crippen LogP contribution is -2.14. The zero-order chi connectivity index (χ0) is 14.8. The molecule has 0 saturated carbocycles. The molecule has 0 unspecified atom stereocenters. The molecule has 0 fully saturated rings. The Labute approximate surface area is 124 Å². The van der Waals surface area contributed by atoms with Crippen LogP contribution in [0.25, 0.3) is 5.95 Å². The maximum absolute atomic E-state index is 5.41. The van der Waals surface area contributed by atoms with E-state index < -0.39 is 0 Å². The van der Waals surface area contributed by atoms with Crippen LogP contribution in [0.1, 0.15) is 5.69 Å². The molecule has 3 aromatic rings. The second-order valence-corrected chi connectivity index (χ2v) is 5.17. The molecule has 3 heterocycles. The van der Waals surface area contributed by atoms with Gasteiger partial charge in [-0.25, -0.2) is 10.5 Å². The summed E-state index contributed by atoms with van der Waals surface area (Å²) in [6, 6.07) is 3.74. The third kappa shape index (κ3) is 2.85. The molecule has 0 spiro atoms. The average Bonchev–Trinajstić information content (AvgIpc) is 3.09. The smallest absolute Gasteiger partial charge is 0.256 e. The van der Waals surface area contributed by atoms with Crippen molar-refractivity contribution in [1.29, 1.82) is 0 Å². The Kier molecular flexibility index (Phi) is 3.54. The van der Waals surface area contributed by atoms with Crippen molar-refractivity contribution in [2.45, 2.75) is 17.1 Å². The molecule has 0 aliphatic carbocycles. The van der Waals surface area contributed by atoms with E-state index >= 15 is 0 Å². The number of nitrogens with one attached hydrogen (secondary N) is 1. The van der Waals surface area contributed by atoms with E-state index in [0.29, 0.717) is 11.1 Å². The van der Waals surface area contributed by atoms with Crippen LogP contribution in [0, 0.1) is 6.92 Å². The van der Waals surface area contributed by atoms with Crippen LogP contribution in [-0.4, -0.2) is 34.5 Å². The topological polar surface area (TPSA) is 112 Å². The average molecular weight is 303 g/mol. The molecular formula is C11H13N9S. The van der Waals surface area contributed by atoms with Gasteiger partial charge in [0.2, 0.25) is 11.1 Å². The Hall–Kier alpha value is -2.46. The summed E-state index contributed by atoms with van der Waals surface area (Å²) in [6.07, 6.45) is 3.40. The first-order chi connectivity index (χ1) is 10.2. The monoisotopic (exact) mass is 303 g/mol. The molecule has 0 aliphatic rings. The minimum Gasteiger partial charge on any atom is -0.292 e. The fourth-order valence-electron chi connectivity index (χ4n) is 1.72. The molecule has 0 aromatic carbocycles. The lowest BCUT2D eigenvalue weighted by Gasteiger charge is -2.06. The molecule has 0 radical (unpaired) electrons. The van der Waals surface area contributed by atoms with Gasteiger partial charge < -0.3 is 0 Å². The zero-order valence-electron chi connectivity index (χ0n) is 11.4. The first-order valence-corrected chi connectivity index (χ1v) is 6.88. The second kappa shape index (κ2) is 5.50. The van der Waals surface area contributed by atoms with E-state index in [1.807, 2.05) is 20.0 Å². The van der Waals surface area contributed by atoms with Gasteiger partial charge in [0.05, 0.1) is 5.69 Å². The first-order valence-electron chi connectivity index (χ1n) is 6.07. The number of hydrogen-bond acceptors (Lipinski definition) is 8. The predicted molar refractivity (Wildman–Crippen MR) is 76.8 cm³/mol. The quantitative estimate of drug-likeness (QED) is 0.530. The number of nitrogens with zero attached hydrogens (tertiary/aromatic N) is 7. The number of hydrazine groups is 1. The van der Waals surface area contributed by atoms with Crippen molar-refractivity contribution >= 4 is 17.7 Å². The lowest BCUT2D eigenvalue weighted by molar-refractivity contribution is 0.689. The Morgan fingerprint density at radius 1 is 1.29 bits per heavy atom. The molecule has 10 heteroatoms. The fourth-order valence-corrected chi connectivity index (χ4v) is 2.57. The Morgan fingerprint density at radius 2 is 2.14 bits per heavy atom. The van der Waals surface area contributed by atoms with Gasteiger partial charge >= 0.3 is 0 Å². The lowest BCUT2D eigenvalue weighted by atomic mass is 10.5. The molecule has 0 saturated heterocycles. The summed E-state index contributed by atoms with van der Waals surface area (Å²) in [5.41, 5.74) is 3.37. The van der Waals surface area contributed by atoms with Gasteiger partial charge in [-0.1, -0.05) is 0 Å². The van der Waals surface area contributed by atoms with Crippen LogP contribution in [0.4, 0.5) is 5.95 Å². The molecule has 0 aliphatic heterocycles. The van der Waals surface area contributed by atoms with Gasteiger partial charge in [0.15, 0.2) is 0 Å². The zero-order valence-corrected chi connectivity index (χ0v) is 12.2. The number of hydrogen-bond donors (Lipinski definition) is 2. The maximum atomic E-state index is 5.41. The molecule has 3 N–H and O–H groups in total. The van der Waals surface area contributed by atoms with Crippen molar-refractivity contribution in [1.82, 2.24) is 34.5 Å². The normalized spacial score (nSPS) is 10.8. The van der Waals surface area contributed by atoms with E-state index in [4.69, 9.17) is 5.84 Å². The maximum Gasteiger partial charge on any atom is 0.256 e. The molecule has 21 heavy (non-hydrogen) atoms. The molecule has 108 valence electrons. The number of aryl methyl sites for hydroxylation is 2. The summed E-state index contributed by atoms with van der Waals surface area (Å²) >= 11 is 1.38. The van der Waals surface area contributed by atoms with Crippen LogP contribution in [0.2, 0.25) is 0 Å². The van der Waals surface area contributed by atoms with Gasteiger partial charge in [0.25, 0.3) is 5.95 Å². The summed E-state index contributed by atoms with van der Waals surface area (Å²) in [5.74, 6) is 6.08. The Balaban J connectivity index is 1.98.